The summed E-state index contributed by atoms with van der Waals surface area (Å²) >= 11 is 1.70. The van der Waals surface area contributed by atoms with Gasteiger partial charge in [0.1, 0.15) is 16.2 Å². The van der Waals surface area contributed by atoms with Crippen LogP contribution >= 0.6 is 11.3 Å². The number of nitrogen functional groups attached to an aromatic ring is 1. The number of hydrogen-bond donors (Lipinski definition) is 1. The molecule has 0 aliphatic heterocycles. The molecule has 0 aromatic carbocycles. The van der Waals surface area contributed by atoms with Crippen molar-refractivity contribution in [2.24, 2.45) is 0 Å². The number of hydrogen-bond acceptors (Lipinski definition) is 5. The molecule has 1 saturated carbocycles. The molecule has 0 atom stereocenters. The lowest BCUT2D eigenvalue weighted by atomic mass is 9.83. The summed E-state index contributed by atoms with van der Waals surface area (Å²) in [6.45, 7) is 6.92. The van der Waals surface area contributed by atoms with Crippen molar-refractivity contribution < 1.29 is 4.74 Å². The zero-order valence-corrected chi connectivity index (χ0v) is 13.8. The van der Waals surface area contributed by atoms with E-state index in [1.807, 2.05) is 6.92 Å². The van der Waals surface area contributed by atoms with Gasteiger partial charge in [0, 0.05) is 11.5 Å². The van der Waals surface area contributed by atoms with Crippen molar-refractivity contribution in [2.75, 3.05) is 12.3 Å². The molecule has 0 unspecified atom stereocenters. The smallest absolute Gasteiger partial charge is 0.164 e. The highest BCUT2D eigenvalue weighted by Gasteiger charge is 2.38. The molecule has 4 nitrogen and oxygen atoms in total. The Morgan fingerprint density at radius 3 is 2.57 bits per heavy atom. The third-order valence-electron chi connectivity index (χ3n) is 4.55. The van der Waals surface area contributed by atoms with Crippen LogP contribution in [0.15, 0.2) is 0 Å². The van der Waals surface area contributed by atoms with Crippen LogP contribution in [-0.2, 0) is 10.3 Å². The number of aryl methyl sites for hydroxylation is 2. The maximum absolute atomic E-state index is 6.23. The van der Waals surface area contributed by atoms with Crippen LogP contribution in [0.25, 0.3) is 10.2 Å². The van der Waals surface area contributed by atoms with Crippen molar-refractivity contribution in [1.82, 2.24) is 9.97 Å². The number of nitrogens with two attached hydrogens (primary N) is 1. The molecule has 1 aliphatic carbocycles. The average molecular weight is 305 g/mol. The number of anilines is 1. The van der Waals surface area contributed by atoms with Gasteiger partial charge in [-0.1, -0.05) is 19.3 Å². The van der Waals surface area contributed by atoms with Crippen LogP contribution in [0, 0.1) is 13.8 Å². The van der Waals surface area contributed by atoms with Gasteiger partial charge in [0.15, 0.2) is 5.82 Å². The van der Waals surface area contributed by atoms with Gasteiger partial charge >= 0.3 is 0 Å². The maximum Gasteiger partial charge on any atom is 0.164 e. The Balaban J connectivity index is 2.14. The quantitative estimate of drug-likeness (QED) is 0.928. The van der Waals surface area contributed by atoms with E-state index >= 15 is 0 Å². The predicted octanol–water partition coefficient (Wildman–Crippen LogP) is 4.09. The van der Waals surface area contributed by atoms with Crippen molar-refractivity contribution in [3.8, 4) is 0 Å². The molecule has 0 saturated heterocycles. The molecule has 2 N–H and O–H groups in total. The lowest BCUT2D eigenvalue weighted by Crippen LogP contribution is -2.34. The van der Waals surface area contributed by atoms with Crippen LogP contribution in [-0.4, -0.2) is 16.6 Å². The van der Waals surface area contributed by atoms with Gasteiger partial charge in [0.2, 0.25) is 0 Å². The summed E-state index contributed by atoms with van der Waals surface area (Å²) in [6.07, 6.45) is 5.60. The summed E-state index contributed by atoms with van der Waals surface area (Å²) < 4.78 is 6.12. The van der Waals surface area contributed by atoms with Gasteiger partial charge < -0.3 is 10.5 Å². The SMILES string of the molecule is CCOC1(c2nc(N)c3c(C)c(C)sc3n2)CCCCC1. The highest BCUT2D eigenvalue weighted by Crippen LogP contribution is 2.41. The van der Waals surface area contributed by atoms with Gasteiger partial charge in [-0.05, 0) is 39.2 Å². The van der Waals surface area contributed by atoms with Crippen LogP contribution in [0.1, 0.15) is 55.3 Å². The van der Waals surface area contributed by atoms with Gasteiger partial charge in [-0.2, -0.15) is 0 Å². The monoisotopic (exact) mass is 305 g/mol. The zero-order valence-electron chi connectivity index (χ0n) is 13.0. The normalized spacial score (nSPS) is 18.2. The minimum atomic E-state index is -0.332. The molecule has 2 aromatic heterocycles. The van der Waals surface area contributed by atoms with Crippen molar-refractivity contribution in [1.29, 1.82) is 0 Å². The van der Waals surface area contributed by atoms with Gasteiger partial charge in [-0.25, -0.2) is 9.97 Å². The topological polar surface area (TPSA) is 61.0 Å². The molecule has 1 aliphatic rings. The Kier molecular flexibility index (Phi) is 3.88. The average Bonchev–Trinajstić information content (AvgIpc) is 2.76. The van der Waals surface area contributed by atoms with Gasteiger partial charge in [-0.3, -0.25) is 0 Å². The van der Waals surface area contributed by atoms with E-state index in [0.29, 0.717) is 12.4 Å². The standard InChI is InChI=1S/C16H23N3OS/c1-4-20-16(8-6-5-7-9-16)15-18-13(17)12-10(2)11(3)21-14(12)19-15/h4-9H2,1-3H3,(H2,17,18,19). The molecule has 2 heterocycles. The van der Waals surface area contributed by atoms with E-state index in [2.05, 4.69) is 18.8 Å². The molecule has 1 fully saturated rings. The number of fused-ring (bicyclic) bond motifs is 1. The number of aromatic nitrogens is 2. The minimum Gasteiger partial charge on any atom is -0.383 e. The number of rotatable bonds is 3. The summed E-state index contributed by atoms with van der Waals surface area (Å²) in [5.41, 5.74) is 7.10. The minimum absolute atomic E-state index is 0.332. The van der Waals surface area contributed by atoms with Crippen molar-refractivity contribution in [3.05, 3.63) is 16.3 Å². The van der Waals surface area contributed by atoms with E-state index in [1.54, 1.807) is 11.3 Å². The summed E-state index contributed by atoms with van der Waals surface area (Å²) in [5.74, 6) is 1.39. The number of nitrogens with zero attached hydrogens (tertiary/aromatic N) is 2. The Morgan fingerprint density at radius 2 is 1.90 bits per heavy atom. The van der Waals surface area contributed by atoms with E-state index < -0.39 is 0 Å². The molecule has 0 spiro atoms. The summed E-state index contributed by atoms with van der Waals surface area (Å²) in [5, 5.41) is 1.02. The highest BCUT2D eigenvalue weighted by atomic mass is 32.1. The number of thiophene rings is 1. The van der Waals surface area contributed by atoms with E-state index in [-0.39, 0.29) is 5.60 Å². The van der Waals surface area contributed by atoms with E-state index in [1.165, 1.54) is 29.7 Å². The first kappa shape index (κ1) is 14.7. The van der Waals surface area contributed by atoms with Crippen LogP contribution in [0.4, 0.5) is 5.82 Å². The molecule has 0 bridgehead atoms. The predicted molar refractivity (Wildman–Crippen MR) is 87.7 cm³/mol. The van der Waals surface area contributed by atoms with Crippen molar-refractivity contribution in [3.63, 3.8) is 0 Å². The summed E-state index contributed by atoms with van der Waals surface area (Å²) in [7, 11) is 0. The van der Waals surface area contributed by atoms with Crippen molar-refractivity contribution in [2.45, 2.75) is 58.5 Å². The molecule has 2 aromatic rings. The summed E-state index contributed by atoms with van der Waals surface area (Å²) in [4.78, 5) is 11.7. The highest BCUT2D eigenvalue weighted by molar-refractivity contribution is 7.18. The molecule has 21 heavy (non-hydrogen) atoms. The first-order valence-corrected chi connectivity index (χ1v) is 8.56. The first-order valence-electron chi connectivity index (χ1n) is 7.75. The first-order chi connectivity index (χ1) is 10.1. The third kappa shape index (κ3) is 2.42. The summed E-state index contributed by atoms with van der Waals surface area (Å²) in [6, 6.07) is 0. The molecular weight excluding hydrogens is 282 g/mol. The third-order valence-corrected chi connectivity index (χ3v) is 5.65. The van der Waals surface area contributed by atoms with E-state index in [0.717, 1.165) is 28.9 Å². The second-order valence-electron chi connectivity index (χ2n) is 5.88. The fraction of sp³-hybridized carbons (Fsp3) is 0.625. The van der Waals surface area contributed by atoms with Gasteiger partial charge in [0.05, 0.1) is 5.39 Å². The van der Waals surface area contributed by atoms with Gasteiger partial charge in [-0.15, -0.1) is 11.3 Å². The molecule has 5 heteroatoms. The Bertz CT molecular complexity index is 654. The van der Waals surface area contributed by atoms with Crippen LogP contribution in [0.2, 0.25) is 0 Å². The molecule has 0 amide bonds. The maximum atomic E-state index is 6.23. The molecule has 0 radical (unpaired) electrons. The molecule has 3 rings (SSSR count). The largest absolute Gasteiger partial charge is 0.383 e. The second-order valence-corrected chi connectivity index (χ2v) is 7.09. The zero-order chi connectivity index (χ0) is 15.0. The van der Waals surface area contributed by atoms with Gasteiger partial charge in [0.25, 0.3) is 0 Å². The van der Waals surface area contributed by atoms with E-state index in [4.69, 9.17) is 15.5 Å². The van der Waals surface area contributed by atoms with Crippen LogP contribution < -0.4 is 5.73 Å². The van der Waals surface area contributed by atoms with Crippen molar-refractivity contribution >= 4 is 27.4 Å². The lowest BCUT2D eigenvalue weighted by molar-refractivity contribution is -0.0763. The Morgan fingerprint density at radius 1 is 1.19 bits per heavy atom. The van der Waals surface area contributed by atoms with Crippen LogP contribution in [0.3, 0.4) is 0 Å². The van der Waals surface area contributed by atoms with Crippen LogP contribution in [0.5, 0.6) is 0 Å². The fourth-order valence-electron chi connectivity index (χ4n) is 3.32. The van der Waals surface area contributed by atoms with E-state index in [9.17, 15) is 0 Å². The fourth-order valence-corrected chi connectivity index (χ4v) is 4.35. The molecule has 114 valence electrons. The Labute approximate surface area is 129 Å². The second kappa shape index (κ2) is 5.54. The molecular formula is C16H23N3OS. The Hall–Kier alpha value is -1.20. The number of ether oxygens (including phenoxy) is 1. The lowest BCUT2D eigenvalue weighted by Gasteiger charge is -2.35.